The van der Waals surface area contributed by atoms with Crippen LogP contribution >= 0.6 is 27.5 Å². The van der Waals surface area contributed by atoms with E-state index in [4.69, 9.17) is 11.6 Å². The molecule has 0 aromatic heterocycles. The minimum atomic E-state index is -0.0394. The standard InChI is InChI=1S/C17H22BrClN2O2/c1-11(2)20(3)16(22)12-6-8-21(9-7-12)17(23)14-10-13(19)4-5-15(14)18/h4-5,10-12H,6-9H2,1-3H3. The molecule has 23 heavy (non-hydrogen) atoms. The number of hydrogen-bond acceptors (Lipinski definition) is 2. The number of likely N-dealkylation sites (tertiary alicyclic amines) is 1. The summed E-state index contributed by atoms with van der Waals surface area (Å²) < 4.78 is 0.740. The van der Waals surface area contributed by atoms with Crippen LogP contribution in [0.3, 0.4) is 0 Å². The van der Waals surface area contributed by atoms with Gasteiger partial charge in [-0.1, -0.05) is 11.6 Å². The van der Waals surface area contributed by atoms with Crippen molar-refractivity contribution in [1.29, 1.82) is 0 Å². The third kappa shape index (κ3) is 4.27. The normalized spacial score (nSPS) is 15.8. The summed E-state index contributed by atoms with van der Waals surface area (Å²) in [5.74, 6) is 0.146. The predicted octanol–water partition coefficient (Wildman–Crippen LogP) is 3.82. The number of carbonyl (C=O) groups excluding carboxylic acids is 2. The van der Waals surface area contributed by atoms with Crippen LogP contribution in [0, 0.1) is 5.92 Å². The summed E-state index contributed by atoms with van der Waals surface area (Å²) in [7, 11) is 1.84. The van der Waals surface area contributed by atoms with Gasteiger partial charge < -0.3 is 9.80 Å². The molecule has 4 nitrogen and oxygen atoms in total. The molecule has 0 saturated carbocycles. The Morgan fingerprint density at radius 1 is 1.30 bits per heavy atom. The molecule has 0 atom stereocenters. The quantitative estimate of drug-likeness (QED) is 0.772. The summed E-state index contributed by atoms with van der Waals surface area (Å²) >= 11 is 9.39. The molecule has 0 aliphatic carbocycles. The van der Waals surface area contributed by atoms with Gasteiger partial charge in [-0.15, -0.1) is 0 Å². The van der Waals surface area contributed by atoms with Gasteiger partial charge in [-0.2, -0.15) is 0 Å². The molecule has 1 fully saturated rings. The predicted molar refractivity (Wildman–Crippen MR) is 95.7 cm³/mol. The molecule has 0 unspecified atom stereocenters. The Bertz CT molecular complexity index is 598. The Kier molecular flexibility index (Phi) is 6.09. The van der Waals surface area contributed by atoms with Crippen LogP contribution in [-0.2, 0) is 4.79 Å². The van der Waals surface area contributed by atoms with E-state index < -0.39 is 0 Å². The summed E-state index contributed by atoms with van der Waals surface area (Å²) in [4.78, 5) is 28.6. The molecule has 2 rings (SSSR count). The first-order chi connectivity index (χ1) is 10.8. The summed E-state index contributed by atoms with van der Waals surface area (Å²) in [5.41, 5.74) is 0.571. The Morgan fingerprint density at radius 3 is 2.48 bits per heavy atom. The number of halogens is 2. The lowest BCUT2D eigenvalue weighted by Gasteiger charge is -2.34. The fourth-order valence-corrected chi connectivity index (χ4v) is 3.29. The summed E-state index contributed by atoms with van der Waals surface area (Å²) in [6.45, 7) is 5.21. The van der Waals surface area contributed by atoms with E-state index in [-0.39, 0.29) is 23.8 Å². The number of piperidine rings is 1. The highest BCUT2D eigenvalue weighted by Crippen LogP contribution is 2.26. The molecule has 0 radical (unpaired) electrons. The lowest BCUT2D eigenvalue weighted by atomic mass is 9.94. The maximum absolute atomic E-state index is 12.6. The zero-order valence-corrected chi connectivity index (χ0v) is 16.0. The molecule has 0 bridgehead atoms. The molecule has 126 valence electrons. The van der Waals surface area contributed by atoms with Gasteiger partial charge in [0.15, 0.2) is 0 Å². The van der Waals surface area contributed by atoms with Crippen LogP contribution in [0.15, 0.2) is 22.7 Å². The molecule has 6 heteroatoms. The fourth-order valence-electron chi connectivity index (χ4n) is 2.70. The summed E-state index contributed by atoms with van der Waals surface area (Å²) in [5, 5.41) is 0.542. The van der Waals surface area contributed by atoms with Crippen molar-refractivity contribution in [2.75, 3.05) is 20.1 Å². The smallest absolute Gasteiger partial charge is 0.255 e. The number of amides is 2. The fraction of sp³-hybridized carbons (Fsp3) is 0.529. The highest BCUT2D eigenvalue weighted by molar-refractivity contribution is 9.10. The van der Waals surface area contributed by atoms with Gasteiger partial charge in [0.1, 0.15) is 0 Å². The molecule has 0 spiro atoms. The van der Waals surface area contributed by atoms with E-state index in [2.05, 4.69) is 15.9 Å². The van der Waals surface area contributed by atoms with Crippen LogP contribution in [0.5, 0.6) is 0 Å². The maximum atomic E-state index is 12.6. The first-order valence-electron chi connectivity index (χ1n) is 7.82. The van der Waals surface area contributed by atoms with Gasteiger partial charge in [0.25, 0.3) is 5.91 Å². The number of carbonyl (C=O) groups is 2. The minimum absolute atomic E-state index is 0.00857. The van der Waals surface area contributed by atoms with E-state index in [9.17, 15) is 9.59 Å². The number of rotatable bonds is 3. The zero-order valence-electron chi connectivity index (χ0n) is 13.7. The first-order valence-corrected chi connectivity index (χ1v) is 8.99. The average Bonchev–Trinajstić information content (AvgIpc) is 2.55. The van der Waals surface area contributed by atoms with E-state index in [1.54, 1.807) is 28.0 Å². The number of hydrogen-bond donors (Lipinski definition) is 0. The van der Waals surface area contributed by atoms with E-state index in [0.717, 1.165) is 4.47 Å². The molecule has 1 heterocycles. The van der Waals surface area contributed by atoms with Crippen molar-refractivity contribution < 1.29 is 9.59 Å². The summed E-state index contributed by atoms with van der Waals surface area (Å²) in [6, 6.07) is 5.40. The molecule has 0 N–H and O–H groups in total. The first kappa shape index (κ1) is 18.3. The topological polar surface area (TPSA) is 40.6 Å². The Labute approximate surface area is 150 Å². The van der Waals surface area contributed by atoms with Crippen molar-refractivity contribution in [3.05, 3.63) is 33.3 Å². The van der Waals surface area contributed by atoms with Crippen molar-refractivity contribution in [2.24, 2.45) is 5.92 Å². The van der Waals surface area contributed by atoms with E-state index >= 15 is 0 Å². The highest BCUT2D eigenvalue weighted by Gasteiger charge is 2.30. The van der Waals surface area contributed by atoms with Gasteiger partial charge in [-0.05, 0) is 60.8 Å². The molecule has 1 aromatic rings. The average molecular weight is 402 g/mol. The van der Waals surface area contributed by atoms with Crippen LogP contribution in [0.2, 0.25) is 5.02 Å². The number of nitrogens with zero attached hydrogens (tertiary/aromatic N) is 2. The van der Waals surface area contributed by atoms with Crippen molar-refractivity contribution >= 4 is 39.3 Å². The maximum Gasteiger partial charge on any atom is 0.255 e. The van der Waals surface area contributed by atoms with E-state index in [1.807, 2.05) is 20.9 Å². The number of benzene rings is 1. The molecular formula is C17H22BrClN2O2. The van der Waals surface area contributed by atoms with Crippen LogP contribution in [-0.4, -0.2) is 47.8 Å². The second-order valence-corrected chi connectivity index (χ2v) is 7.52. The monoisotopic (exact) mass is 400 g/mol. The molecule has 2 amide bonds. The second-order valence-electron chi connectivity index (χ2n) is 6.23. The molecule has 1 aromatic carbocycles. The molecule has 1 saturated heterocycles. The summed E-state index contributed by atoms with van der Waals surface area (Å²) in [6.07, 6.45) is 1.42. The van der Waals surface area contributed by atoms with E-state index in [1.165, 1.54) is 0 Å². The SMILES string of the molecule is CC(C)N(C)C(=O)C1CCN(C(=O)c2cc(Cl)ccc2Br)CC1. The van der Waals surface area contributed by atoms with Crippen LogP contribution < -0.4 is 0 Å². The van der Waals surface area contributed by atoms with Gasteiger partial charge in [0, 0.05) is 41.6 Å². The second kappa shape index (κ2) is 7.67. The third-order valence-electron chi connectivity index (χ3n) is 4.41. The third-order valence-corrected chi connectivity index (χ3v) is 5.34. The van der Waals surface area contributed by atoms with Gasteiger partial charge in [0.05, 0.1) is 5.56 Å². The molecular weight excluding hydrogens is 380 g/mol. The van der Waals surface area contributed by atoms with Crippen LogP contribution in [0.25, 0.3) is 0 Å². The largest absolute Gasteiger partial charge is 0.343 e. The van der Waals surface area contributed by atoms with Crippen molar-refractivity contribution in [2.45, 2.75) is 32.7 Å². The van der Waals surface area contributed by atoms with Gasteiger partial charge in [-0.25, -0.2) is 0 Å². The van der Waals surface area contributed by atoms with Gasteiger partial charge in [0.2, 0.25) is 5.91 Å². The Balaban J connectivity index is 2.00. The van der Waals surface area contributed by atoms with Gasteiger partial charge >= 0.3 is 0 Å². The van der Waals surface area contributed by atoms with Crippen LogP contribution in [0.1, 0.15) is 37.0 Å². The zero-order chi connectivity index (χ0) is 17.1. The lowest BCUT2D eigenvalue weighted by Crippen LogP contribution is -2.45. The van der Waals surface area contributed by atoms with Crippen molar-refractivity contribution in [3.8, 4) is 0 Å². The Morgan fingerprint density at radius 2 is 1.91 bits per heavy atom. The highest BCUT2D eigenvalue weighted by atomic mass is 79.9. The Hall–Kier alpha value is -1.07. The lowest BCUT2D eigenvalue weighted by molar-refractivity contribution is -0.137. The minimum Gasteiger partial charge on any atom is -0.343 e. The van der Waals surface area contributed by atoms with E-state index in [0.29, 0.717) is 36.5 Å². The molecule has 1 aliphatic heterocycles. The van der Waals surface area contributed by atoms with Crippen molar-refractivity contribution in [3.63, 3.8) is 0 Å². The van der Waals surface area contributed by atoms with Crippen LogP contribution in [0.4, 0.5) is 0 Å². The molecule has 1 aliphatic rings. The van der Waals surface area contributed by atoms with Gasteiger partial charge in [-0.3, -0.25) is 9.59 Å². The van der Waals surface area contributed by atoms with Crippen molar-refractivity contribution in [1.82, 2.24) is 9.80 Å².